The first-order valence-electron chi connectivity index (χ1n) is 6.17. The first kappa shape index (κ1) is 14.1. The van der Waals surface area contributed by atoms with Gasteiger partial charge in [0.2, 0.25) is 0 Å². The van der Waals surface area contributed by atoms with E-state index >= 15 is 0 Å². The van der Waals surface area contributed by atoms with Gasteiger partial charge in [-0.3, -0.25) is 4.79 Å². The van der Waals surface area contributed by atoms with Crippen LogP contribution >= 0.6 is 0 Å². The SMILES string of the molecule is COc1cccc(C(=O)C(O)c2ccccc2)c1OC. The molecular formula is C16H16O4. The molecule has 2 aromatic carbocycles. The zero-order chi connectivity index (χ0) is 14.5. The number of carbonyl (C=O) groups is 1. The van der Waals surface area contributed by atoms with Gasteiger partial charge in [0.1, 0.15) is 6.10 Å². The first-order valence-corrected chi connectivity index (χ1v) is 6.17. The zero-order valence-corrected chi connectivity index (χ0v) is 11.4. The predicted octanol–water partition coefficient (Wildman–Crippen LogP) is 2.62. The van der Waals surface area contributed by atoms with Crippen LogP contribution < -0.4 is 9.47 Å². The quantitative estimate of drug-likeness (QED) is 0.850. The van der Waals surface area contributed by atoms with Gasteiger partial charge >= 0.3 is 0 Å². The van der Waals surface area contributed by atoms with Crippen LogP contribution in [0.25, 0.3) is 0 Å². The Bertz CT molecular complexity index is 593. The Morgan fingerprint density at radius 2 is 1.70 bits per heavy atom. The molecule has 1 atom stereocenters. The lowest BCUT2D eigenvalue weighted by molar-refractivity contribution is 0.0743. The Morgan fingerprint density at radius 3 is 2.30 bits per heavy atom. The third-order valence-electron chi connectivity index (χ3n) is 3.03. The summed E-state index contributed by atoms with van der Waals surface area (Å²) in [5.74, 6) is 0.362. The van der Waals surface area contributed by atoms with E-state index in [9.17, 15) is 9.90 Å². The summed E-state index contributed by atoms with van der Waals surface area (Å²) in [5.41, 5.74) is 0.838. The van der Waals surface area contributed by atoms with E-state index in [1.807, 2.05) is 6.07 Å². The lowest BCUT2D eigenvalue weighted by Gasteiger charge is -2.14. The highest BCUT2D eigenvalue weighted by Crippen LogP contribution is 2.33. The molecule has 2 rings (SSSR count). The van der Waals surface area contributed by atoms with Crippen LogP contribution in [0.2, 0.25) is 0 Å². The standard InChI is InChI=1S/C16H16O4/c1-19-13-10-6-9-12(16(13)20-2)15(18)14(17)11-7-4-3-5-8-11/h3-10,14,17H,1-2H3. The summed E-state index contributed by atoms with van der Waals surface area (Å²) in [7, 11) is 2.96. The minimum Gasteiger partial charge on any atom is -0.493 e. The Hall–Kier alpha value is -2.33. The number of hydrogen-bond acceptors (Lipinski definition) is 4. The average molecular weight is 272 g/mol. The maximum absolute atomic E-state index is 12.4. The fourth-order valence-corrected chi connectivity index (χ4v) is 2.02. The van der Waals surface area contributed by atoms with Gasteiger partial charge < -0.3 is 14.6 Å². The average Bonchev–Trinajstić information content (AvgIpc) is 2.53. The number of ketones is 1. The number of ether oxygens (including phenoxy) is 2. The van der Waals surface area contributed by atoms with Crippen LogP contribution in [0.3, 0.4) is 0 Å². The van der Waals surface area contributed by atoms with Gasteiger partial charge in [-0.1, -0.05) is 36.4 Å². The van der Waals surface area contributed by atoms with Gasteiger partial charge in [0.15, 0.2) is 17.3 Å². The highest BCUT2D eigenvalue weighted by Gasteiger charge is 2.24. The number of hydrogen-bond donors (Lipinski definition) is 1. The fourth-order valence-electron chi connectivity index (χ4n) is 2.02. The van der Waals surface area contributed by atoms with E-state index in [-0.39, 0.29) is 0 Å². The van der Waals surface area contributed by atoms with Crippen LogP contribution in [-0.2, 0) is 0 Å². The lowest BCUT2D eigenvalue weighted by Crippen LogP contribution is -2.13. The second-order valence-electron chi connectivity index (χ2n) is 4.22. The molecule has 1 unspecified atom stereocenters. The van der Waals surface area contributed by atoms with Gasteiger partial charge in [-0.15, -0.1) is 0 Å². The van der Waals surface area contributed by atoms with Crippen molar-refractivity contribution in [1.29, 1.82) is 0 Å². The second-order valence-corrected chi connectivity index (χ2v) is 4.22. The Morgan fingerprint density at radius 1 is 1.00 bits per heavy atom. The number of aliphatic hydroxyl groups excluding tert-OH is 1. The molecule has 104 valence electrons. The Kier molecular flexibility index (Phi) is 4.38. The summed E-state index contributed by atoms with van der Waals surface area (Å²) >= 11 is 0. The predicted molar refractivity (Wildman–Crippen MR) is 75.3 cm³/mol. The zero-order valence-electron chi connectivity index (χ0n) is 11.4. The summed E-state index contributed by atoms with van der Waals surface area (Å²) in [5, 5.41) is 10.2. The summed E-state index contributed by atoms with van der Waals surface area (Å²) in [6, 6.07) is 13.8. The van der Waals surface area contributed by atoms with Crippen molar-refractivity contribution in [3.8, 4) is 11.5 Å². The molecule has 4 heteroatoms. The topological polar surface area (TPSA) is 55.8 Å². The molecule has 0 heterocycles. The number of para-hydroxylation sites is 1. The maximum Gasteiger partial charge on any atom is 0.199 e. The van der Waals surface area contributed by atoms with Gasteiger partial charge in [0.25, 0.3) is 0 Å². The van der Waals surface area contributed by atoms with Crippen LogP contribution in [-0.4, -0.2) is 25.1 Å². The normalized spacial score (nSPS) is 11.8. The van der Waals surface area contributed by atoms with Gasteiger partial charge in [-0.25, -0.2) is 0 Å². The Balaban J connectivity index is 2.39. The van der Waals surface area contributed by atoms with Gasteiger partial charge in [-0.2, -0.15) is 0 Å². The summed E-state index contributed by atoms with van der Waals surface area (Å²) in [6.07, 6.45) is -1.22. The lowest BCUT2D eigenvalue weighted by atomic mass is 9.99. The molecule has 0 spiro atoms. The van der Waals surface area contributed by atoms with E-state index in [2.05, 4.69) is 0 Å². The maximum atomic E-state index is 12.4. The summed E-state index contributed by atoms with van der Waals surface area (Å²) in [6.45, 7) is 0. The van der Waals surface area contributed by atoms with Crippen LogP contribution in [0.4, 0.5) is 0 Å². The molecule has 0 radical (unpaired) electrons. The monoisotopic (exact) mass is 272 g/mol. The molecule has 0 saturated heterocycles. The van der Waals surface area contributed by atoms with Crippen molar-refractivity contribution in [2.24, 2.45) is 0 Å². The van der Waals surface area contributed by atoms with E-state index in [0.717, 1.165) is 0 Å². The van der Waals surface area contributed by atoms with Gasteiger partial charge in [-0.05, 0) is 17.7 Å². The molecule has 0 aliphatic heterocycles. The van der Waals surface area contributed by atoms with E-state index in [1.165, 1.54) is 14.2 Å². The number of benzene rings is 2. The largest absolute Gasteiger partial charge is 0.493 e. The number of rotatable bonds is 5. The van der Waals surface area contributed by atoms with E-state index in [1.54, 1.807) is 42.5 Å². The third kappa shape index (κ3) is 2.65. The molecule has 0 aliphatic rings. The van der Waals surface area contributed by atoms with E-state index < -0.39 is 11.9 Å². The van der Waals surface area contributed by atoms with Crippen LogP contribution in [0, 0.1) is 0 Å². The summed E-state index contributed by atoms with van der Waals surface area (Å²) < 4.78 is 10.4. The van der Waals surface area contributed by atoms with Gasteiger partial charge in [0.05, 0.1) is 19.8 Å². The molecule has 0 aromatic heterocycles. The second kappa shape index (κ2) is 6.21. The van der Waals surface area contributed by atoms with Crippen molar-refractivity contribution in [1.82, 2.24) is 0 Å². The minimum atomic E-state index is -1.22. The molecular weight excluding hydrogens is 256 g/mol. The van der Waals surface area contributed by atoms with Gasteiger partial charge in [0, 0.05) is 0 Å². The molecule has 0 fully saturated rings. The molecule has 1 N–H and O–H groups in total. The van der Waals surface area contributed by atoms with E-state index in [0.29, 0.717) is 22.6 Å². The van der Waals surface area contributed by atoms with Crippen molar-refractivity contribution in [3.63, 3.8) is 0 Å². The highest BCUT2D eigenvalue weighted by molar-refractivity contribution is 6.02. The fraction of sp³-hybridized carbons (Fsp3) is 0.188. The van der Waals surface area contributed by atoms with Crippen LogP contribution in [0.15, 0.2) is 48.5 Å². The number of carbonyl (C=O) groups excluding carboxylic acids is 1. The number of aliphatic hydroxyl groups is 1. The van der Waals surface area contributed by atoms with Crippen LogP contribution in [0.1, 0.15) is 22.0 Å². The molecule has 2 aromatic rings. The smallest absolute Gasteiger partial charge is 0.199 e. The van der Waals surface area contributed by atoms with E-state index in [4.69, 9.17) is 9.47 Å². The van der Waals surface area contributed by atoms with Crippen molar-refractivity contribution in [3.05, 3.63) is 59.7 Å². The van der Waals surface area contributed by atoms with Crippen molar-refractivity contribution >= 4 is 5.78 Å². The first-order chi connectivity index (χ1) is 9.69. The number of methoxy groups -OCH3 is 2. The molecule has 0 aliphatic carbocycles. The molecule has 0 saturated carbocycles. The minimum absolute atomic E-state index is 0.295. The molecule has 0 amide bonds. The third-order valence-corrected chi connectivity index (χ3v) is 3.03. The van der Waals surface area contributed by atoms with Crippen molar-refractivity contribution < 1.29 is 19.4 Å². The molecule has 0 bridgehead atoms. The molecule has 4 nitrogen and oxygen atoms in total. The van der Waals surface area contributed by atoms with Crippen molar-refractivity contribution in [2.75, 3.05) is 14.2 Å². The summed E-state index contributed by atoms with van der Waals surface area (Å²) in [4.78, 5) is 12.4. The van der Waals surface area contributed by atoms with Crippen LogP contribution in [0.5, 0.6) is 11.5 Å². The highest BCUT2D eigenvalue weighted by atomic mass is 16.5. The number of Topliss-reactive ketones (excluding diaryl/α,β-unsaturated/α-hetero) is 1. The van der Waals surface area contributed by atoms with Crippen molar-refractivity contribution in [2.45, 2.75) is 6.10 Å². The molecule has 20 heavy (non-hydrogen) atoms. The Labute approximate surface area is 117 Å².